The fourth-order valence-corrected chi connectivity index (χ4v) is 4.17. The molecule has 4 heterocycles. The van der Waals surface area contributed by atoms with Gasteiger partial charge in [0.05, 0.1) is 11.6 Å². The topological polar surface area (TPSA) is 76.6 Å². The Labute approximate surface area is 189 Å². The van der Waals surface area contributed by atoms with E-state index >= 15 is 0 Å². The van der Waals surface area contributed by atoms with E-state index < -0.39 is 17.7 Å². The average Bonchev–Trinajstić information content (AvgIpc) is 3.44. The molecule has 0 saturated carbocycles. The number of ether oxygens (including phenoxy) is 2. The first kappa shape index (κ1) is 22.5. The molecule has 10 heteroatoms. The Morgan fingerprint density at radius 1 is 1.21 bits per heavy atom. The summed E-state index contributed by atoms with van der Waals surface area (Å²) < 4.78 is 40.2. The molecule has 1 atom stereocenters. The molecule has 7 nitrogen and oxygen atoms in total. The van der Waals surface area contributed by atoms with Crippen LogP contribution in [0.5, 0.6) is 11.5 Å². The van der Waals surface area contributed by atoms with Gasteiger partial charge in [-0.3, -0.25) is 24.4 Å². The van der Waals surface area contributed by atoms with E-state index in [9.17, 15) is 13.6 Å². The highest BCUT2D eigenvalue weighted by Crippen LogP contribution is 2.35. The lowest BCUT2D eigenvalue weighted by molar-refractivity contribution is -0.120. The molecule has 5 rings (SSSR count). The maximum atomic E-state index is 14.7. The van der Waals surface area contributed by atoms with Gasteiger partial charge in [0.25, 0.3) is 0 Å². The lowest BCUT2D eigenvalue weighted by Crippen LogP contribution is -2.39. The van der Waals surface area contributed by atoms with Gasteiger partial charge in [0.1, 0.15) is 17.3 Å². The van der Waals surface area contributed by atoms with Crippen molar-refractivity contribution >= 4 is 11.6 Å². The minimum Gasteiger partial charge on any atom is -0.453 e. The number of pyridine rings is 2. The van der Waals surface area contributed by atoms with E-state index in [0.29, 0.717) is 42.3 Å². The zero-order valence-corrected chi connectivity index (χ0v) is 17.5. The van der Waals surface area contributed by atoms with Crippen LogP contribution >= 0.6 is 0 Å². The number of carbonyl (C=O) groups excluding carboxylic acids is 1. The number of hydrogen-bond donors (Lipinski definition) is 1. The summed E-state index contributed by atoms with van der Waals surface area (Å²) in [5.41, 5.74) is 0.916. The number of hydrogen-bond acceptors (Lipinski definition) is 6. The van der Waals surface area contributed by atoms with Crippen LogP contribution < -0.4 is 14.8 Å². The highest BCUT2D eigenvalue weighted by molar-refractivity contribution is 5.95. The van der Waals surface area contributed by atoms with Crippen LogP contribution in [-0.4, -0.2) is 40.2 Å². The van der Waals surface area contributed by atoms with Crippen molar-refractivity contribution in [1.29, 1.82) is 0 Å². The Hall–Kier alpha value is -3.66. The monoisotopic (exact) mass is 460 g/mol. The second-order valence-corrected chi connectivity index (χ2v) is 7.67. The van der Waals surface area contributed by atoms with E-state index in [2.05, 4.69) is 15.3 Å². The van der Waals surface area contributed by atoms with Crippen LogP contribution in [0.4, 0.5) is 19.2 Å². The van der Waals surface area contributed by atoms with Crippen LogP contribution in [-0.2, 0) is 11.3 Å². The highest BCUT2D eigenvalue weighted by atomic mass is 19.1. The Morgan fingerprint density at radius 2 is 2.03 bits per heavy atom. The second kappa shape index (κ2) is 9.45. The number of anilines is 1. The summed E-state index contributed by atoms with van der Waals surface area (Å²) in [6, 6.07) is 6.72. The Balaban J connectivity index is 0.00000162. The average molecular weight is 460 g/mol. The molecule has 0 spiro atoms. The maximum absolute atomic E-state index is 14.7. The number of likely N-dealkylation sites (tertiary alicyclic amines) is 1. The fourth-order valence-electron chi connectivity index (χ4n) is 4.17. The number of nitrogens with one attached hydrogen (secondary N) is 1. The van der Waals surface area contributed by atoms with Gasteiger partial charge in [0, 0.05) is 43.9 Å². The molecule has 174 valence electrons. The summed E-state index contributed by atoms with van der Waals surface area (Å²) in [5.74, 6) is -0.626. The zero-order valence-electron chi connectivity index (χ0n) is 17.5. The van der Waals surface area contributed by atoms with Crippen molar-refractivity contribution in [3.05, 3.63) is 66.3 Å². The lowest BCUT2D eigenvalue weighted by atomic mass is 10.1. The van der Waals surface area contributed by atoms with E-state index in [-0.39, 0.29) is 30.1 Å². The third-order valence-corrected chi connectivity index (χ3v) is 5.64. The third kappa shape index (κ3) is 4.47. The summed E-state index contributed by atoms with van der Waals surface area (Å²) in [5, 5.41) is 2.66. The quantitative estimate of drug-likeness (QED) is 0.617. The summed E-state index contributed by atoms with van der Waals surface area (Å²) in [6.07, 6.45) is 6.02. The van der Waals surface area contributed by atoms with Crippen LogP contribution in [0, 0.1) is 11.6 Å². The van der Waals surface area contributed by atoms with Crippen LogP contribution in [0.25, 0.3) is 11.1 Å². The largest absolute Gasteiger partial charge is 0.453 e. The van der Waals surface area contributed by atoms with Crippen LogP contribution in [0.15, 0.2) is 48.9 Å². The molecule has 3 aromatic rings. The molecule has 0 radical (unpaired) electrons. The Morgan fingerprint density at radius 3 is 2.79 bits per heavy atom. The normalized spacial score (nSPS) is 17.0. The molecule has 1 N–H and O–H groups in total. The minimum absolute atomic E-state index is 0. The number of halogens is 3. The molecule has 0 unspecified atom stereocenters. The van der Waals surface area contributed by atoms with E-state index in [4.69, 9.17) is 9.47 Å². The number of fused-ring (bicyclic) bond motifs is 1. The first-order chi connectivity index (χ1) is 15.6. The molecular weight excluding hydrogens is 437 g/mol. The molecule has 0 aliphatic carbocycles. The van der Waals surface area contributed by atoms with Gasteiger partial charge >= 0.3 is 0 Å². The van der Waals surface area contributed by atoms with Crippen molar-refractivity contribution in [2.45, 2.75) is 25.4 Å². The van der Waals surface area contributed by atoms with E-state index in [0.717, 1.165) is 18.6 Å². The summed E-state index contributed by atoms with van der Waals surface area (Å²) >= 11 is 0. The van der Waals surface area contributed by atoms with Gasteiger partial charge in [-0.2, -0.15) is 0 Å². The summed E-state index contributed by atoms with van der Waals surface area (Å²) in [7, 11) is 0. The molecule has 1 aromatic carbocycles. The third-order valence-electron chi connectivity index (χ3n) is 5.64. The second-order valence-electron chi connectivity index (χ2n) is 7.67. The van der Waals surface area contributed by atoms with Gasteiger partial charge in [0.15, 0.2) is 11.5 Å². The minimum atomic E-state index is -0.766. The number of nitrogens with zero attached hydrogens (tertiary/aromatic N) is 3. The van der Waals surface area contributed by atoms with Crippen LogP contribution in [0.1, 0.15) is 20.0 Å². The van der Waals surface area contributed by atoms with Crippen molar-refractivity contribution in [2.24, 2.45) is 0 Å². The molecule has 33 heavy (non-hydrogen) atoms. The van der Waals surface area contributed by atoms with Gasteiger partial charge in [-0.25, -0.2) is 8.78 Å². The van der Waals surface area contributed by atoms with Crippen molar-refractivity contribution in [2.75, 3.05) is 18.7 Å². The molecule has 1 saturated heterocycles. The molecule has 1 fully saturated rings. The smallest absolute Gasteiger partial charge is 0.241 e. The number of aromatic nitrogens is 2. The fraction of sp³-hybridized carbons (Fsp3) is 0.261. The molecule has 2 aliphatic heterocycles. The number of carbonyl (C=O) groups is 1. The standard InChI is InChI=1S/C23H20F2N4O3.FH.H2/c24-16-9-15(10-17(25)21(16)14-3-1-6-26-11-14)28-23(30)19-4-2-8-29(19)12-18-22-20(5-7-27-18)31-13-32-22;;/h1,3,5-7,9-11,19H,2,4,8,12-13H2,(H,28,30);2*1H/t19-;;/m1../s1. The SMILES string of the molecule is F.O=C(Nc1cc(F)c(-c2cccnc2)c(F)c1)[C@H]1CCCN1Cc1nccc2c1OCO2.[HH]. The first-order valence-corrected chi connectivity index (χ1v) is 10.3. The van der Waals surface area contributed by atoms with E-state index in [1.807, 2.05) is 4.90 Å². The predicted octanol–water partition coefficient (Wildman–Crippen LogP) is 4.15. The molecule has 1 amide bonds. The van der Waals surface area contributed by atoms with Crippen molar-refractivity contribution in [3.8, 4) is 22.6 Å². The van der Waals surface area contributed by atoms with Gasteiger partial charge in [-0.05, 0) is 37.6 Å². The lowest BCUT2D eigenvalue weighted by Gasteiger charge is -2.23. The van der Waals surface area contributed by atoms with Crippen molar-refractivity contribution < 1.29 is 29.2 Å². The van der Waals surface area contributed by atoms with Gasteiger partial charge in [-0.15, -0.1) is 0 Å². The molecule has 0 bridgehead atoms. The maximum Gasteiger partial charge on any atom is 0.241 e. The summed E-state index contributed by atoms with van der Waals surface area (Å²) in [4.78, 5) is 23.2. The Bertz CT molecular complexity index is 1150. The zero-order chi connectivity index (χ0) is 22.1. The van der Waals surface area contributed by atoms with E-state index in [1.165, 1.54) is 12.4 Å². The molecule has 2 aliphatic rings. The Kier molecular flexibility index (Phi) is 6.45. The van der Waals surface area contributed by atoms with E-state index in [1.54, 1.807) is 24.4 Å². The summed E-state index contributed by atoms with van der Waals surface area (Å²) in [6.45, 7) is 1.25. The number of amides is 1. The van der Waals surface area contributed by atoms with Gasteiger partial charge < -0.3 is 14.8 Å². The highest BCUT2D eigenvalue weighted by Gasteiger charge is 2.33. The first-order valence-electron chi connectivity index (χ1n) is 10.3. The van der Waals surface area contributed by atoms with Crippen molar-refractivity contribution in [3.63, 3.8) is 0 Å². The van der Waals surface area contributed by atoms with Crippen LogP contribution in [0.2, 0.25) is 0 Å². The van der Waals surface area contributed by atoms with Gasteiger partial charge in [-0.1, -0.05) is 6.07 Å². The van der Waals surface area contributed by atoms with Crippen molar-refractivity contribution in [1.82, 2.24) is 14.9 Å². The molecular formula is C23H23F3N4O3. The van der Waals surface area contributed by atoms with Crippen LogP contribution in [0.3, 0.4) is 0 Å². The number of rotatable bonds is 5. The molecule has 2 aromatic heterocycles. The predicted molar refractivity (Wildman–Crippen MR) is 117 cm³/mol. The van der Waals surface area contributed by atoms with Gasteiger partial charge in [0.2, 0.25) is 12.7 Å². The number of benzene rings is 1.